The maximum atomic E-state index is 14.4. The van der Waals surface area contributed by atoms with Crippen molar-refractivity contribution in [3.8, 4) is 17.1 Å². The SMILES string of the molecule is COc1ccc(-c2nc(C(F)(F)F)n3c2CN(C(=O)CC(Cc2cc(F)c(F)cc2F)NC(=O)OC(C)(C)C)CC3)cn1. The number of benzene rings is 1. The second-order valence-electron chi connectivity index (χ2n) is 10.9. The molecular weight excluding hydrogens is 584 g/mol. The molecule has 1 aliphatic heterocycles. The molecule has 43 heavy (non-hydrogen) atoms. The van der Waals surface area contributed by atoms with Crippen molar-refractivity contribution in [2.45, 2.75) is 64.5 Å². The van der Waals surface area contributed by atoms with Crippen molar-refractivity contribution in [2.75, 3.05) is 13.7 Å². The molecule has 4 rings (SSSR count). The molecule has 1 atom stereocenters. The summed E-state index contributed by atoms with van der Waals surface area (Å²) in [5, 5.41) is 2.47. The van der Waals surface area contributed by atoms with Crippen LogP contribution in [0.15, 0.2) is 30.5 Å². The second kappa shape index (κ2) is 12.1. The Kier molecular flexibility index (Phi) is 8.92. The topological polar surface area (TPSA) is 98.6 Å². The van der Waals surface area contributed by atoms with Crippen molar-refractivity contribution in [1.82, 2.24) is 24.8 Å². The maximum Gasteiger partial charge on any atom is 0.449 e. The number of rotatable bonds is 7. The minimum absolute atomic E-state index is 0.0210. The third-order valence-corrected chi connectivity index (χ3v) is 6.53. The number of methoxy groups -OCH3 is 1. The molecule has 0 spiro atoms. The fourth-order valence-electron chi connectivity index (χ4n) is 4.64. The number of amides is 2. The Bertz CT molecular complexity index is 1500. The fourth-order valence-corrected chi connectivity index (χ4v) is 4.64. The van der Waals surface area contributed by atoms with Crippen molar-refractivity contribution in [3.05, 3.63) is 65.0 Å². The number of hydrogen-bond acceptors (Lipinski definition) is 6. The minimum Gasteiger partial charge on any atom is -0.481 e. The van der Waals surface area contributed by atoms with Gasteiger partial charge >= 0.3 is 12.3 Å². The lowest BCUT2D eigenvalue weighted by molar-refractivity contribution is -0.148. The number of nitrogens with one attached hydrogen (secondary N) is 1. The van der Waals surface area contributed by atoms with Crippen LogP contribution < -0.4 is 10.1 Å². The summed E-state index contributed by atoms with van der Waals surface area (Å²) in [6.07, 6.45) is -5.25. The van der Waals surface area contributed by atoms with E-state index >= 15 is 0 Å². The molecule has 15 heteroatoms. The molecule has 0 saturated carbocycles. The van der Waals surface area contributed by atoms with E-state index < -0.39 is 65.9 Å². The number of nitrogens with zero attached hydrogens (tertiary/aromatic N) is 4. The number of alkyl halides is 3. The van der Waals surface area contributed by atoms with Crippen LogP contribution in [-0.4, -0.2) is 56.7 Å². The maximum absolute atomic E-state index is 14.4. The zero-order valence-corrected chi connectivity index (χ0v) is 23.7. The molecule has 2 amide bonds. The van der Waals surface area contributed by atoms with E-state index in [1.807, 2.05) is 0 Å². The lowest BCUT2D eigenvalue weighted by atomic mass is 10.0. The summed E-state index contributed by atoms with van der Waals surface area (Å²) < 4.78 is 94.6. The zero-order valence-electron chi connectivity index (χ0n) is 23.7. The number of hydrogen-bond donors (Lipinski definition) is 1. The number of carbonyl (C=O) groups is 2. The van der Waals surface area contributed by atoms with Gasteiger partial charge in [0.05, 0.1) is 25.0 Å². The lowest BCUT2D eigenvalue weighted by Crippen LogP contribution is -2.45. The fraction of sp³-hybridized carbons (Fsp3) is 0.429. The number of ether oxygens (including phenoxy) is 2. The van der Waals surface area contributed by atoms with Crippen LogP contribution in [0.5, 0.6) is 5.88 Å². The highest BCUT2D eigenvalue weighted by molar-refractivity contribution is 5.78. The largest absolute Gasteiger partial charge is 0.481 e. The highest BCUT2D eigenvalue weighted by Crippen LogP contribution is 2.36. The quantitative estimate of drug-likeness (QED) is 0.289. The first-order chi connectivity index (χ1) is 20.1. The van der Waals surface area contributed by atoms with E-state index in [0.717, 1.165) is 4.57 Å². The van der Waals surface area contributed by atoms with E-state index in [2.05, 4.69) is 15.3 Å². The Morgan fingerprint density at radius 3 is 2.35 bits per heavy atom. The molecule has 0 radical (unpaired) electrons. The van der Waals surface area contributed by atoms with E-state index in [9.17, 15) is 35.9 Å². The predicted molar refractivity (Wildman–Crippen MR) is 140 cm³/mol. The summed E-state index contributed by atoms with van der Waals surface area (Å²) in [6.45, 7) is 4.19. The first-order valence-corrected chi connectivity index (χ1v) is 13.1. The van der Waals surface area contributed by atoms with Crippen molar-refractivity contribution in [1.29, 1.82) is 0 Å². The minimum atomic E-state index is -4.77. The van der Waals surface area contributed by atoms with Crippen LogP contribution in [0, 0.1) is 17.5 Å². The van der Waals surface area contributed by atoms with E-state index in [-0.39, 0.29) is 48.0 Å². The predicted octanol–water partition coefficient (Wildman–Crippen LogP) is 5.26. The zero-order chi connectivity index (χ0) is 31.7. The van der Waals surface area contributed by atoms with Gasteiger partial charge in [0.1, 0.15) is 11.4 Å². The smallest absolute Gasteiger partial charge is 0.449 e. The standard InChI is InChI=1S/C28H29F6N5O4/c1-27(2,3)43-26(41)36-17(9-16-10-19(30)20(31)12-18(16)29)11-23(40)38-7-8-39-21(14-38)24(37-25(39)28(32,33)34)15-5-6-22(42-4)35-13-15/h5-6,10,12-13,17H,7-9,11,14H2,1-4H3,(H,36,41). The Morgan fingerprint density at radius 2 is 1.74 bits per heavy atom. The van der Waals surface area contributed by atoms with Crippen LogP contribution >= 0.6 is 0 Å². The Hall–Kier alpha value is -4.30. The van der Waals surface area contributed by atoms with Gasteiger partial charge in [-0.1, -0.05) is 0 Å². The summed E-state index contributed by atoms with van der Waals surface area (Å²) in [6, 6.07) is 2.81. The normalized spacial score (nSPS) is 14.2. The van der Waals surface area contributed by atoms with Crippen molar-refractivity contribution in [3.63, 3.8) is 0 Å². The van der Waals surface area contributed by atoms with Gasteiger partial charge in [0, 0.05) is 49.4 Å². The molecule has 0 aliphatic carbocycles. The molecule has 0 bridgehead atoms. The van der Waals surface area contributed by atoms with Crippen molar-refractivity contribution >= 4 is 12.0 Å². The molecule has 0 saturated heterocycles. The van der Waals surface area contributed by atoms with E-state index in [1.54, 1.807) is 20.8 Å². The summed E-state index contributed by atoms with van der Waals surface area (Å²) in [5.41, 5.74) is -0.851. The van der Waals surface area contributed by atoms with Gasteiger partial charge in [-0.3, -0.25) is 4.79 Å². The molecule has 1 unspecified atom stereocenters. The molecule has 1 aliphatic rings. The van der Waals surface area contributed by atoms with Gasteiger partial charge in [-0.2, -0.15) is 13.2 Å². The molecule has 2 aromatic heterocycles. The van der Waals surface area contributed by atoms with Gasteiger partial charge in [0.2, 0.25) is 17.6 Å². The van der Waals surface area contributed by atoms with E-state index in [4.69, 9.17) is 9.47 Å². The number of aromatic nitrogens is 3. The highest BCUT2D eigenvalue weighted by Gasteiger charge is 2.41. The number of fused-ring (bicyclic) bond motifs is 1. The molecule has 0 fully saturated rings. The van der Waals surface area contributed by atoms with Crippen molar-refractivity contribution in [2.24, 2.45) is 0 Å². The number of alkyl carbamates (subject to hydrolysis) is 1. The van der Waals surface area contributed by atoms with Crippen LogP contribution in [0.2, 0.25) is 0 Å². The first-order valence-electron chi connectivity index (χ1n) is 13.1. The molecule has 3 aromatic rings. The lowest BCUT2D eigenvalue weighted by Gasteiger charge is -2.31. The van der Waals surface area contributed by atoms with Crippen LogP contribution in [0.1, 0.15) is 44.3 Å². The summed E-state index contributed by atoms with van der Waals surface area (Å²) in [4.78, 5) is 35.1. The summed E-state index contributed by atoms with van der Waals surface area (Å²) in [5.74, 6) is -5.28. The van der Waals surface area contributed by atoms with Gasteiger partial charge in [0.25, 0.3) is 0 Å². The van der Waals surface area contributed by atoms with Crippen LogP contribution in [0.3, 0.4) is 0 Å². The third-order valence-electron chi connectivity index (χ3n) is 6.53. The highest BCUT2D eigenvalue weighted by atomic mass is 19.4. The van der Waals surface area contributed by atoms with Gasteiger partial charge in [-0.25, -0.2) is 27.9 Å². The molecular formula is C28H29F6N5O4. The van der Waals surface area contributed by atoms with Crippen LogP contribution in [0.25, 0.3) is 11.3 Å². The Morgan fingerprint density at radius 1 is 1.05 bits per heavy atom. The molecule has 1 aromatic carbocycles. The molecule has 3 heterocycles. The summed E-state index contributed by atoms with van der Waals surface area (Å²) >= 11 is 0. The van der Waals surface area contributed by atoms with E-state index in [0.29, 0.717) is 12.1 Å². The number of halogens is 6. The van der Waals surface area contributed by atoms with Crippen LogP contribution in [0.4, 0.5) is 31.1 Å². The van der Waals surface area contributed by atoms with E-state index in [1.165, 1.54) is 30.3 Å². The molecule has 9 nitrogen and oxygen atoms in total. The average Bonchev–Trinajstić information content (AvgIpc) is 3.30. The van der Waals surface area contributed by atoms with Crippen molar-refractivity contribution < 1.29 is 45.4 Å². The van der Waals surface area contributed by atoms with Gasteiger partial charge in [-0.05, 0) is 44.9 Å². The number of pyridine rings is 1. The first kappa shape index (κ1) is 31.6. The molecule has 232 valence electrons. The molecule has 1 N–H and O–H groups in total. The monoisotopic (exact) mass is 613 g/mol. The van der Waals surface area contributed by atoms with Gasteiger partial charge in [-0.15, -0.1) is 0 Å². The van der Waals surface area contributed by atoms with Gasteiger partial charge in [0.15, 0.2) is 11.6 Å². The Labute approximate surface area is 242 Å². The Balaban J connectivity index is 1.61. The second-order valence-corrected chi connectivity index (χ2v) is 10.9. The average molecular weight is 614 g/mol. The third kappa shape index (κ3) is 7.56. The number of carbonyl (C=O) groups excluding carboxylic acids is 2. The number of imidazole rings is 1. The van der Waals surface area contributed by atoms with Crippen LogP contribution in [-0.2, 0) is 35.2 Å². The van der Waals surface area contributed by atoms with Gasteiger partial charge < -0.3 is 24.3 Å². The summed E-state index contributed by atoms with van der Waals surface area (Å²) in [7, 11) is 1.39.